The molecular formula is C20H33FIN5O2. The summed E-state index contributed by atoms with van der Waals surface area (Å²) in [5, 5.41) is 6.65. The van der Waals surface area contributed by atoms with Crippen LogP contribution in [0.15, 0.2) is 23.2 Å². The molecule has 1 atom stereocenters. The molecule has 7 nitrogen and oxygen atoms in total. The van der Waals surface area contributed by atoms with Gasteiger partial charge in [0.2, 0.25) is 5.91 Å². The molecule has 0 spiro atoms. The predicted octanol–water partition coefficient (Wildman–Crippen LogP) is 1.99. The molecule has 1 aliphatic rings. The summed E-state index contributed by atoms with van der Waals surface area (Å²) in [4.78, 5) is 20.1. The molecule has 0 aromatic heterocycles. The number of carbonyl (C=O) groups excluding carboxylic acids is 1. The van der Waals surface area contributed by atoms with E-state index in [-0.39, 0.29) is 48.3 Å². The number of methoxy groups -OCH3 is 1. The second-order valence-electron chi connectivity index (χ2n) is 7.23. The van der Waals surface area contributed by atoms with Crippen LogP contribution in [-0.4, -0.2) is 76.8 Å². The van der Waals surface area contributed by atoms with Crippen LogP contribution in [0.1, 0.15) is 18.4 Å². The molecular weight excluding hydrogens is 488 g/mol. The Hall–Kier alpha value is -1.62. The molecule has 1 aliphatic heterocycles. The first-order valence-corrected chi connectivity index (χ1v) is 9.65. The number of benzene rings is 1. The van der Waals surface area contributed by atoms with E-state index in [1.54, 1.807) is 27.3 Å². The number of nitrogens with one attached hydrogen (secondary N) is 2. The van der Waals surface area contributed by atoms with Crippen LogP contribution in [0.5, 0.6) is 0 Å². The van der Waals surface area contributed by atoms with E-state index in [0.717, 1.165) is 37.2 Å². The number of likely N-dealkylation sites (N-methyl/N-ethyl adjacent to an activating group) is 1. The Morgan fingerprint density at radius 1 is 1.41 bits per heavy atom. The average molecular weight is 521 g/mol. The second-order valence-corrected chi connectivity index (χ2v) is 7.23. The quantitative estimate of drug-likeness (QED) is 0.249. The zero-order valence-corrected chi connectivity index (χ0v) is 20.0. The summed E-state index contributed by atoms with van der Waals surface area (Å²) < 4.78 is 18.5. The molecule has 0 bridgehead atoms. The molecule has 1 fully saturated rings. The number of aliphatic imine (C=N–C) groups is 1. The van der Waals surface area contributed by atoms with Gasteiger partial charge in [0, 0.05) is 52.6 Å². The lowest BCUT2D eigenvalue weighted by Crippen LogP contribution is -2.52. The van der Waals surface area contributed by atoms with Crippen LogP contribution in [0.3, 0.4) is 0 Å². The third-order valence-electron chi connectivity index (χ3n) is 4.73. The highest BCUT2D eigenvalue weighted by Crippen LogP contribution is 2.24. The van der Waals surface area contributed by atoms with Gasteiger partial charge in [-0.05, 0) is 43.5 Å². The minimum atomic E-state index is -0.213. The van der Waals surface area contributed by atoms with Crippen LogP contribution >= 0.6 is 24.0 Å². The first-order valence-electron chi connectivity index (χ1n) is 9.65. The van der Waals surface area contributed by atoms with E-state index in [2.05, 4.69) is 20.5 Å². The molecule has 1 heterocycles. The molecule has 29 heavy (non-hydrogen) atoms. The maximum Gasteiger partial charge on any atom is 0.243 e. The van der Waals surface area contributed by atoms with Crippen molar-refractivity contribution in [1.29, 1.82) is 0 Å². The summed E-state index contributed by atoms with van der Waals surface area (Å²) in [7, 11) is 5.08. The maximum absolute atomic E-state index is 13.4. The topological polar surface area (TPSA) is 69.2 Å². The number of anilines is 1. The number of piperidine rings is 1. The van der Waals surface area contributed by atoms with Crippen molar-refractivity contribution in [2.24, 2.45) is 4.99 Å². The predicted molar refractivity (Wildman–Crippen MR) is 126 cm³/mol. The van der Waals surface area contributed by atoms with E-state index in [1.807, 2.05) is 13.0 Å². The number of hydrogen-bond donors (Lipinski definition) is 2. The Balaban J connectivity index is 0.00000420. The molecule has 1 aromatic carbocycles. The van der Waals surface area contributed by atoms with Gasteiger partial charge < -0.3 is 25.2 Å². The summed E-state index contributed by atoms with van der Waals surface area (Å²) in [6.45, 7) is 4.90. The van der Waals surface area contributed by atoms with Crippen molar-refractivity contribution in [3.8, 4) is 0 Å². The summed E-state index contributed by atoms with van der Waals surface area (Å²) in [5.74, 6) is 0.338. The Morgan fingerprint density at radius 3 is 2.83 bits per heavy atom. The van der Waals surface area contributed by atoms with Crippen LogP contribution in [0.25, 0.3) is 0 Å². The van der Waals surface area contributed by atoms with Crippen molar-refractivity contribution in [3.63, 3.8) is 0 Å². The van der Waals surface area contributed by atoms with Gasteiger partial charge in [0.1, 0.15) is 12.4 Å². The lowest BCUT2D eigenvalue weighted by molar-refractivity contribution is -0.127. The van der Waals surface area contributed by atoms with Crippen LogP contribution in [0.4, 0.5) is 10.1 Å². The number of rotatable bonds is 7. The minimum Gasteiger partial charge on any atom is -0.383 e. The van der Waals surface area contributed by atoms with Crippen molar-refractivity contribution in [2.45, 2.75) is 25.8 Å². The minimum absolute atomic E-state index is 0. The first-order chi connectivity index (χ1) is 13.4. The van der Waals surface area contributed by atoms with Crippen molar-refractivity contribution >= 4 is 41.5 Å². The lowest BCUT2D eigenvalue weighted by Gasteiger charge is -2.36. The number of aryl methyl sites for hydroxylation is 1. The molecule has 2 rings (SSSR count). The van der Waals surface area contributed by atoms with Gasteiger partial charge in [-0.15, -0.1) is 24.0 Å². The molecule has 1 amide bonds. The van der Waals surface area contributed by atoms with Gasteiger partial charge in [0.25, 0.3) is 0 Å². The molecule has 0 radical (unpaired) electrons. The highest BCUT2D eigenvalue weighted by atomic mass is 127. The van der Waals surface area contributed by atoms with E-state index < -0.39 is 0 Å². The van der Waals surface area contributed by atoms with Crippen LogP contribution in [0.2, 0.25) is 0 Å². The van der Waals surface area contributed by atoms with Gasteiger partial charge in [-0.2, -0.15) is 0 Å². The van der Waals surface area contributed by atoms with Crippen LogP contribution < -0.4 is 15.5 Å². The van der Waals surface area contributed by atoms with Crippen LogP contribution in [-0.2, 0) is 9.53 Å². The number of amides is 1. The molecule has 164 valence electrons. The van der Waals surface area contributed by atoms with Crippen molar-refractivity contribution in [2.75, 3.05) is 58.9 Å². The van der Waals surface area contributed by atoms with E-state index in [9.17, 15) is 9.18 Å². The van der Waals surface area contributed by atoms with E-state index >= 15 is 0 Å². The summed E-state index contributed by atoms with van der Waals surface area (Å²) in [6, 6.07) is 5.10. The van der Waals surface area contributed by atoms with E-state index in [1.165, 1.54) is 11.0 Å². The van der Waals surface area contributed by atoms with Gasteiger partial charge in [-0.25, -0.2) is 9.38 Å². The van der Waals surface area contributed by atoms with Crippen LogP contribution in [0, 0.1) is 12.7 Å². The fourth-order valence-electron chi connectivity index (χ4n) is 3.19. The van der Waals surface area contributed by atoms with E-state index in [0.29, 0.717) is 19.1 Å². The molecule has 0 saturated carbocycles. The molecule has 1 saturated heterocycles. The smallest absolute Gasteiger partial charge is 0.243 e. The normalized spacial score (nSPS) is 16.8. The van der Waals surface area contributed by atoms with Gasteiger partial charge >= 0.3 is 0 Å². The lowest BCUT2D eigenvalue weighted by atomic mass is 10.0. The third kappa shape index (κ3) is 8.33. The SMILES string of the molecule is COCCNC(=NCC(=O)N(C)C)NC1CCCN(c2ccc(F)cc2C)C1.I. The summed E-state index contributed by atoms with van der Waals surface area (Å²) >= 11 is 0. The van der Waals surface area contributed by atoms with Crippen molar-refractivity contribution in [3.05, 3.63) is 29.6 Å². The van der Waals surface area contributed by atoms with Crippen molar-refractivity contribution < 1.29 is 13.9 Å². The Bertz CT molecular complexity index is 687. The Kier molecular flexibility index (Phi) is 11.3. The number of carbonyl (C=O) groups is 1. The molecule has 1 unspecified atom stereocenters. The number of hydrogen-bond acceptors (Lipinski definition) is 4. The number of ether oxygens (including phenoxy) is 1. The Labute approximate surface area is 190 Å². The van der Waals surface area contributed by atoms with Gasteiger partial charge in [0.05, 0.1) is 6.61 Å². The Morgan fingerprint density at radius 2 is 2.17 bits per heavy atom. The molecule has 1 aromatic rings. The fraction of sp³-hybridized carbons (Fsp3) is 0.600. The standard InChI is InChI=1S/C20H32FN5O2.HI/c1-15-12-16(21)7-8-18(15)26-10-5-6-17(14-26)24-20(22-9-11-28-4)23-13-19(27)25(2)3;/h7-8,12,17H,5-6,9-11,13-14H2,1-4H3,(H2,22,23,24);1H. The van der Waals surface area contributed by atoms with E-state index in [4.69, 9.17) is 4.74 Å². The third-order valence-corrected chi connectivity index (χ3v) is 4.73. The number of guanidine groups is 1. The first kappa shape index (κ1) is 25.4. The fourth-order valence-corrected chi connectivity index (χ4v) is 3.19. The van der Waals surface area contributed by atoms with Gasteiger partial charge in [-0.3, -0.25) is 4.79 Å². The highest BCUT2D eigenvalue weighted by molar-refractivity contribution is 14.0. The number of halogens is 2. The monoisotopic (exact) mass is 521 g/mol. The molecule has 0 aliphatic carbocycles. The van der Waals surface area contributed by atoms with Gasteiger partial charge in [0.15, 0.2) is 5.96 Å². The molecule has 2 N–H and O–H groups in total. The zero-order valence-electron chi connectivity index (χ0n) is 17.7. The molecule has 9 heteroatoms. The number of nitrogens with zero attached hydrogens (tertiary/aromatic N) is 3. The maximum atomic E-state index is 13.4. The summed E-state index contributed by atoms with van der Waals surface area (Å²) in [6.07, 6.45) is 2.03. The second kappa shape index (κ2) is 12.8. The zero-order chi connectivity index (χ0) is 20.5. The van der Waals surface area contributed by atoms with Crippen molar-refractivity contribution in [1.82, 2.24) is 15.5 Å². The summed E-state index contributed by atoms with van der Waals surface area (Å²) in [5.41, 5.74) is 1.99. The largest absolute Gasteiger partial charge is 0.383 e. The average Bonchev–Trinajstić information content (AvgIpc) is 2.66. The van der Waals surface area contributed by atoms with Gasteiger partial charge in [-0.1, -0.05) is 0 Å². The highest BCUT2D eigenvalue weighted by Gasteiger charge is 2.22.